The van der Waals surface area contributed by atoms with Gasteiger partial charge >= 0.3 is 183 Å². The van der Waals surface area contributed by atoms with Gasteiger partial charge in [0.05, 0.1) is 0 Å². The third kappa shape index (κ3) is 4.20. The fraction of sp³-hybridized carbons (Fsp3) is 0.263. The SMILES string of the molecule is O=C(NC1CCCC1)c1cc(C2=CC=C(Br)[SeH2]2)n(-c2ccc(Cl)cc2Cl)n1. The summed E-state index contributed by atoms with van der Waals surface area (Å²) in [5.41, 5.74) is 2.03. The molecule has 2 aromatic rings. The van der Waals surface area contributed by atoms with Gasteiger partial charge in [-0.25, -0.2) is 0 Å². The number of carbonyl (C=O) groups excluding carboxylic acids is 1. The first kappa shape index (κ1) is 19.3. The monoisotopic (exact) mass is 533 g/mol. The quantitative estimate of drug-likeness (QED) is 0.583. The number of aromatic nitrogens is 2. The second kappa shape index (κ2) is 8.14. The van der Waals surface area contributed by atoms with Gasteiger partial charge in [0.25, 0.3) is 0 Å². The van der Waals surface area contributed by atoms with E-state index in [1.54, 1.807) is 16.8 Å². The van der Waals surface area contributed by atoms with Crippen LogP contribution in [0.25, 0.3) is 10.2 Å². The van der Waals surface area contributed by atoms with Crippen molar-refractivity contribution in [3.8, 4) is 5.69 Å². The van der Waals surface area contributed by atoms with E-state index in [1.807, 2.05) is 12.1 Å². The normalized spacial score (nSPS) is 18.6. The number of hydrogen-bond donors (Lipinski definition) is 1. The average Bonchev–Trinajstić information content (AvgIpc) is 3.35. The van der Waals surface area contributed by atoms with Gasteiger partial charge in [0.15, 0.2) is 0 Å². The Balaban J connectivity index is 1.72. The molecule has 1 aromatic carbocycles. The van der Waals surface area contributed by atoms with Crippen LogP contribution in [-0.4, -0.2) is 36.7 Å². The summed E-state index contributed by atoms with van der Waals surface area (Å²) < 4.78 is 4.17. The molecule has 0 unspecified atom stereocenters. The van der Waals surface area contributed by atoms with Crippen molar-refractivity contribution in [3.05, 3.63) is 61.2 Å². The Morgan fingerprint density at radius 1 is 1.22 bits per heavy atom. The summed E-state index contributed by atoms with van der Waals surface area (Å²) in [7, 11) is 0. The summed E-state index contributed by atoms with van der Waals surface area (Å²) in [6.07, 6.45) is 8.56. The zero-order valence-corrected chi connectivity index (χ0v) is 19.5. The Bertz CT molecular complexity index is 964. The average molecular weight is 534 g/mol. The summed E-state index contributed by atoms with van der Waals surface area (Å²) in [5.74, 6) is -0.127. The summed E-state index contributed by atoms with van der Waals surface area (Å²) >= 11 is 15.6. The van der Waals surface area contributed by atoms with Crippen LogP contribution in [0.2, 0.25) is 10.0 Å². The first-order valence-corrected chi connectivity index (χ1v) is 12.4. The van der Waals surface area contributed by atoms with Crippen molar-refractivity contribution in [2.24, 2.45) is 0 Å². The number of carbonyl (C=O) groups is 1. The van der Waals surface area contributed by atoms with E-state index >= 15 is 0 Å². The first-order chi connectivity index (χ1) is 13.0. The van der Waals surface area contributed by atoms with Crippen molar-refractivity contribution in [3.63, 3.8) is 0 Å². The van der Waals surface area contributed by atoms with Crippen LogP contribution in [0.15, 0.2) is 39.8 Å². The number of rotatable bonds is 4. The summed E-state index contributed by atoms with van der Waals surface area (Å²) in [6, 6.07) is 7.41. The van der Waals surface area contributed by atoms with E-state index in [0.717, 1.165) is 18.5 Å². The molecule has 0 bridgehead atoms. The van der Waals surface area contributed by atoms with Crippen molar-refractivity contribution < 1.29 is 4.79 Å². The fourth-order valence-corrected chi connectivity index (χ4v) is 6.98. The van der Waals surface area contributed by atoms with Gasteiger partial charge in [0.2, 0.25) is 0 Å². The van der Waals surface area contributed by atoms with Crippen molar-refractivity contribution >= 4 is 64.5 Å². The predicted molar refractivity (Wildman–Crippen MR) is 117 cm³/mol. The summed E-state index contributed by atoms with van der Waals surface area (Å²) in [4.78, 5) is 12.7. The molecule has 0 spiro atoms. The van der Waals surface area contributed by atoms with Crippen molar-refractivity contribution in [1.82, 2.24) is 15.1 Å². The van der Waals surface area contributed by atoms with Crippen LogP contribution < -0.4 is 5.32 Å². The van der Waals surface area contributed by atoms with E-state index in [2.05, 4.69) is 38.5 Å². The number of nitrogens with zero attached hydrogens (tertiary/aromatic N) is 2. The minimum atomic E-state index is -0.481. The molecular weight excluding hydrogens is 516 g/mol. The molecule has 0 saturated heterocycles. The zero-order chi connectivity index (χ0) is 19.0. The molecule has 27 heavy (non-hydrogen) atoms. The second-order valence-electron chi connectivity index (χ2n) is 6.60. The van der Waals surface area contributed by atoms with E-state index in [1.165, 1.54) is 20.7 Å². The van der Waals surface area contributed by atoms with Crippen LogP contribution in [0.5, 0.6) is 0 Å². The Morgan fingerprint density at radius 3 is 2.67 bits per heavy atom. The van der Waals surface area contributed by atoms with Crippen molar-refractivity contribution in [2.75, 3.05) is 0 Å². The van der Waals surface area contributed by atoms with Gasteiger partial charge < -0.3 is 0 Å². The number of benzene rings is 1. The Labute approximate surface area is 182 Å². The Morgan fingerprint density at radius 2 is 2.00 bits per heavy atom. The van der Waals surface area contributed by atoms with E-state index in [0.29, 0.717) is 21.4 Å². The van der Waals surface area contributed by atoms with Gasteiger partial charge in [-0.2, -0.15) is 0 Å². The van der Waals surface area contributed by atoms with Gasteiger partial charge in [-0.05, 0) is 0 Å². The second-order valence-corrected chi connectivity index (χ2v) is 12.6. The maximum atomic E-state index is 12.7. The van der Waals surface area contributed by atoms with Gasteiger partial charge in [0, 0.05) is 0 Å². The van der Waals surface area contributed by atoms with Crippen molar-refractivity contribution in [1.29, 1.82) is 0 Å². The van der Waals surface area contributed by atoms with Gasteiger partial charge in [-0.15, -0.1) is 0 Å². The fourth-order valence-electron chi connectivity index (χ4n) is 3.37. The Hall–Kier alpha value is -1.04. The third-order valence-corrected chi connectivity index (χ3v) is 8.83. The van der Waals surface area contributed by atoms with E-state index < -0.39 is 15.0 Å². The molecule has 1 amide bonds. The van der Waals surface area contributed by atoms with Crippen molar-refractivity contribution in [2.45, 2.75) is 31.7 Å². The molecule has 0 atom stereocenters. The number of amides is 1. The molecule has 142 valence electrons. The molecule has 1 fully saturated rings. The van der Waals surface area contributed by atoms with E-state index in [-0.39, 0.29) is 11.9 Å². The topological polar surface area (TPSA) is 46.9 Å². The number of halogens is 3. The van der Waals surface area contributed by atoms with Crippen LogP contribution in [0, 0.1) is 0 Å². The van der Waals surface area contributed by atoms with Gasteiger partial charge in [-0.3, -0.25) is 0 Å². The third-order valence-electron chi connectivity index (χ3n) is 4.70. The predicted octanol–water partition coefficient (Wildman–Crippen LogP) is 4.61. The van der Waals surface area contributed by atoms with Crippen LogP contribution in [0.4, 0.5) is 0 Å². The molecule has 0 radical (unpaired) electrons. The molecule has 1 N–H and O–H groups in total. The molecule has 1 saturated carbocycles. The molecule has 8 heteroatoms. The van der Waals surface area contributed by atoms with Crippen LogP contribution in [0.1, 0.15) is 41.9 Å². The first-order valence-electron chi connectivity index (χ1n) is 8.72. The molecule has 1 aromatic heterocycles. The Kier molecular flexibility index (Phi) is 5.81. The standard InChI is InChI=1S/C19H18BrCl2N3OSe/c20-18-8-7-17(27-18)16-10-14(19(26)23-12-3-1-2-4-12)24-25(16)15-6-5-11(21)9-13(15)22/h5-10,12H,1-4,27H2,(H,23,26). The van der Waals surface area contributed by atoms with Gasteiger partial charge in [0.1, 0.15) is 0 Å². The van der Waals surface area contributed by atoms with E-state index in [9.17, 15) is 4.79 Å². The molecule has 4 rings (SSSR count). The molecule has 2 heterocycles. The number of allylic oxidation sites excluding steroid dienone is 2. The molecular formula is C19H18BrCl2N3OSe. The molecule has 4 nitrogen and oxygen atoms in total. The van der Waals surface area contributed by atoms with E-state index in [4.69, 9.17) is 23.2 Å². The zero-order valence-electron chi connectivity index (χ0n) is 14.3. The maximum absolute atomic E-state index is 12.7. The van der Waals surface area contributed by atoms with Gasteiger partial charge in [-0.1, -0.05) is 0 Å². The molecule has 1 aliphatic heterocycles. The number of hydrogen-bond acceptors (Lipinski definition) is 2. The minimum absolute atomic E-state index is 0.127. The summed E-state index contributed by atoms with van der Waals surface area (Å²) in [6.45, 7) is 0. The van der Waals surface area contributed by atoms with Crippen LogP contribution in [-0.2, 0) is 0 Å². The molecule has 1 aliphatic carbocycles. The number of nitrogens with one attached hydrogen (secondary N) is 1. The van der Waals surface area contributed by atoms with Crippen LogP contribution >= 0.6 is 39.1 Å². The van der Waals surface area contributed by atoms with Crippen LogP contribution in [0.3, 0.4) is 0 Å². The molecule has 2 aliphatic rings. The summed E-state index contributed by atoms with van der Waals surface area (Å²) in [5, 5.41) is 8.77.